The SMILES string of the molecule is COc1ccc2c(O[C@@H]3C[C@H]4C(=O)N[C@]5(C(=O)NS(=O)(=O)C6CC6)CC5/C=C\CCCCC[C@H](CC(=O)O)C(=O)N4C3)cc(-c3ccccn3)nc2c1Cl. The summed E-state index contributed by atoms with van der Waals surface area (Å²) in [5.74, 6) is -3.68. The molecule has 14 nitrogen and oxygen atoms in total. The highest BCUT2D eigenvalue weighted by Crippen LogP contribution is 2.46. The van der Waals surface area contributed by atoms with E-state index < -0.39 is 74.9 Å². The molecule has 1 aromatic carbocycles. The zero-order valence-electron chi connectivity index (χ0n) is 29.7. The van der Waals surface area contributed by atoms with Gasteiger partial charge in [0.1, 0.15) is 34.2 Å². The summed E-state index contributed by atoms with van der Waals surface area (Å²) >= 11 is 6.74. The summed E-state index contributed by atoms with van der Waals surface area (Å²) in [6, 6.07) is 9.36. The third-order valence-corrected chi connectivity index (χ3v) is 12.8. The van der Waals surface area contributed by atoms with Gasteiger partial charge in [-0.05, 0) is 62.8 Å². The van der Waals surface area contributed by atoms with Gasteiger partial charge < -0.3 is 24.8 Å². The standard InChI is InChI=1S/C38H42ClN5O9S/c1-52-30-15-14-26-31(19-28(41-34(26)33(30)39)27-11-7-8-16-40-27)53-24-18-29-35(47)42-38(37(49)43-54(50,51)25-12-13-25)20-23(38)10-6-4-2-3-5-9-22(17-32(45)46)36(48)44(29)21-24/h6-8,10-11,14-16,19,22-25,29H,2-5,9,12-13,17-18,20-21H2,1H3,(H,42,47)(H,43,49)(H,45,46)/b10-6-/t22-,23?,24-,29+,38-/m1/s1. The lowest BCUT2D eigenvalue weighted by Gasteiger charge is -2.29. The zero-order chi connectivity index (χ0) is 38.2. The molecule has 4 heterocycles. The fraction of sp³-hybridized carbons (Fsp3) is 0.474. The Labute approximate surface area is 317 Å². The topological polar surface area (TPSA) is 194 Å². The molecule has 54 heavy (non-hydrogen) atoms. The number of aliphatic carboxylic acids is 1. The average molecular weight is 780 g/mol. The van der Waals surface area contributed by atoms with E-state index in [1.807, 2.05) is 18.2 Å². The number of carboxylic acid groups (broad SMARTS) is 1. The molecule has 0 radical (unpaired) electrons. The third-order valence-electron chi connectivity index (χ3n) is 10.7. The van der Waals surface area contributed by atoms with Crippen LogP contribution in [-0.4, -0.2) is 88.7 Å². The van der Waals surface area contributed by atoms with E-state index >= 15 is 0 Å². The number of carbonyl (C=O) groups is 4. The maximum atomic E-state index is 14.4. The first-order valence-electron chi connectivity index (χ1n) is 18.2. The van der Waals surface area contributed by atoms with Gasteiger partial charge in [-0.1, -0.05) is 42.7 Å². The maximum Gasteiger partial charge on any atom is 0.304 e. The normalized spacial score (nSPS) is 26.7. The van der Waals surface area contributed by atoms with Gasteiger partial charge in [0.15, 0.2) is 0 Å². The molecule has 16 heteroatoms. The predicted octanol–water partition coefficient (Wildman–Crippen LogP) is 4.40. The highest BCUT2D eigenvalue weighted by atomic mass is 35.5. The largest absolute Gasteiger partial charge is 0.495 e. The van der Waals surface area contributed by atoms with Crippen molar-refractivity contribution in [1.29, 1.82) is 0 Å². The van der Waals surface area contributed by atoms with E-state index in [0.717, 1.165) is 12.8 Å². The van der Waals surface area contributed by atoms with Crippen LogP contribution in [0.3, 0.4) is 0 Å². The van der Waals surface area contributed by atoms with Crippen LogP contribution in [0.1, 0.15) is 64.2 Å². The number of methoxy groups -OCH3 is 1. The van der Waals surface area contributed by atoms with Crippen molar-refractivity contribution in [3.63, 3.8) is 0 Å². The Morgan fingerprint density at radius 2 is 1.91 bits per heavy atom. The van der Waals surface area contributed by atoms with E-state index in [2.05, 4.69) is 15.0 Å². The Morgan fingerprint density at radius 3 is 2.63 bits per heavy atom. The Bertz CT molecular complexity index is 2110. The van der Waals surface area contributed by atoms with Gasteiger partial charge in [0.05, 0.1) is 42.2 Å². The molecule has 5 atom stereocenters. The number of sulfonamides is 1. The number of nitrogens with zero attached hydrogens (tertiary/aromatic N) is 3. The monoisotopic (exact) mass is 779 g/mol. The van der Waals surface area contributed by atoms with Crippen molar-refractivity contribution in [3.8, 4) is 22.9 Å². The third kappa shape index (κ3) is 7.74. The molecule has 3 amide bonds. The Balaban J connectivity index is 1.24. The molecule has 0 bridgehead atoms. The van der Waals surface area contributed by atoms with Crippen LogP contribution >= 0.6 is 11.6 Å². The lowest BCUT2D eigenvalue weighted by molar-refractivity contribution is -0.147. The van der Waals surface area contributed by atoms with Gasteiger partial charge >= 0.3 is 5.97 Å². The van der Waals surface area contributed by atoms with Crippen LogP contribution in [0.4, 0.5) is 0 Å². The van der Waals surface area contributed by atoms with E-state index in [1.165, 1.54) is 12.0 Å². The summed E-state index contributed by atoms with van der Waals surface area (Å²) in [5.41, 5.74) is -0.135. The van der Waals surface area contributed by atoms with Crippen LogP contribution < -0.4 is 19.5 Å². The molecule has 7 rings (SSSR count). The van der Waals surface area contributed by atoms with Crippen LogP contribution in [0.15, 0.2) is 54.7 Å². The van der Waals surface area contributed by atoms with E-state index in [9.17, 15) is 32.7 Å². The number of carboxylic acids is 1. The number of carbonyl (C=O) groups excluding carboxylic acids is 3. The van der Waals surface area contributed by atoms with E-state index in [1.54, 1.807) is 36.5 Å². The summed E-state index contributed by atoms with van der Waals surface area (Å²) in [7, 11) is -2.42. The maximum absolute atomic E-state index is 14.4. The Hall–Kier alpha value is -4.76. The van der Waals surface area contributed by atoms with Gasteiger partial charge in [-0.3, -0.25) is 28.9 Å². The second kappa shape index (κ2) is 15.2. The van der Waals surface area contributed by atoms with Crippen molar-refractivity contribution >= 4 is 56.2 Å². The smallest absolute Gasteiger partial charge is 0.304 e. The van der Waals surface area contributed by atoms with Gasteiger partial charge in [-0.25, -0.2) is 13.4 Å². The number of rotatable bonds is 9. The molecule has 2 saturated carbocycles. The van der Waals surface area contributed by atoms with E-state index in [0.29, 0.717) is 65.9 Å². The number of allylic oxidation sites excluding steroid dienone is 1. The number of hydrogen-bond acceptors (Lipinski definition) is 10. The number of nitrogens with one attached hydrogen (secondary N) is 2. The van der Waals surface area contributed by atoms with Crippen molar-refractivity contribution in [1.82, 2.24) is 24.9 Å². The van der Waals surface area contributed by atoms with Crippen molar-refractivity contribution < 1.29 is 42.2 Å². The predicted molar refractivity (Wildman–Crippen MR) is 198 cm³/mol. The number of fused-ring (bicyclic) bond motifs is 3. The van der Waals surface area contributed by atoms with Crippen molar-refractivity contribution in [3.05, 3.63) is 59.8 Å². The fourth-order valence-electron chi connectivity index (χ4n) is 7.48. The first-order chi connectivity index (χ1) is 25.9. The summed E-state index contributed by atoms with van der Waals surface area (Å²) in [6.45, 7) is -0.0573. The molecule has 3 N–H and O–H groups in total. The molecule has 2 aliphatic heterocycles. The van der Waals surface area contributed by atoms with Gasteiger partial charge in [-0.15, -0.1) is 0 Å². The van der Waals surface area contributed by atoms with Crippen molar-refractivity contribution in [2.24, 2.45) is 11.8 Å². The molecule has 2 aromatic heterocycles. The number of hydrogen-bond donors (Lipinski definition) is 3. The molecule has 1 unspecified atom stereocenters. The highest BCUT2D eigenvalue weighted by Gasteiger charge is 2.62. The van der Waals surface area contributed by atoms with Gasteiger partial charge in [0.2, 0.25) is 21.8 Å². The van der Waals surface area contributed by atoms with E-state index in [-0.39, 0.29) is 24.4 Å². The quantitative estimate of drug-likeness (QED) is 0.261. The molecular formula is C38H42ClN5O9S. The van der Waals surface area contributed by atoms with Crippen LogP contribution in [0.25, 0.3) is 22.3 Å². The first-order valence-corrected chi connectivity index (χ1v) is 20.1. The van der Waals surface area contributed by atoms with Gasteiger partial charge in [0, 0.05) is 35.9 Å². The summed E-state index contributed by atoms with van der Waals surface area (Å²) in [5, 5.41) is 12.8. The molecule has 286 valence electrons. The molecule has 3 fully saturated rings. The second-order valence-electron chi connectivity index (χ2n) is 14.5. The van der Waals surface area contributed by atoms with Crippen LogP contribution in [0, 0.1) is 11.8 Å². The zero-order valence-corrected chi connectivity index (χ0v) is 31.3. The number of benzene rings is 1. The number of pyridine rings is 2. The molecule has 3 aromatic rings. The molecule has 4 aliphatic rings. The van der Waals surface area contributed by atoms with Gasteiger partial charge in [-0.2, -0.15) is 0 Å². The van der Waals surface area contributed by atoms with Gasteiger partial charge in [0.25, 0.3) is 5.91 Å². The molecule has 0 spiro atoms. The number of amides is 3. The average Bonchev–Trinajstić information content (AvgIpc) is 4.07. The minimum atomic E-state index is -3.91. The van der Waals surface area contributed by atoms with Crippen molar-refractivity contribution in [2.75, 3.05) is 13.7 Å². The first kappa shape index (κ1) is 37.6. The van der Waals surface area contributed by atoms with Crippen LogP contribution in [0.5, 0.6) is 11.5 Å². The van der Waals surface area contributed by atoms with Crippen molar-refractivity contribution in [2.45, 2.75) is 87.1 Å². The Kier molecular flexibility index (Phi) is 10.5. The lowest BCUT2D eigenvalue weighted by Crippen LogP contribution is -2.57. The van der Waals surface area contributed by atoms with Crippen LogP contribution in [0.2, 0.25) is 5.02 Å². The Morgan fingerprint density at radius 1 is 1.09 bits per heavy atom. The molecule has 2 aliphatic carbocycles. The van der Waals surface area contributed by atoms with E-state index in [4.69, 9.17) is 26.1 Å². The summed E-state index contributed by atoms with van der Waals surface area (Å²) < 4.78 is 39.9. The summed E-state index contributed by atoms with van der Waals surface area (Å²) in [4.78, 5) is 64.8. The lowest BCUT2D eigenvalue weighted by atomic mass is 9.95. The number of halogens is 1. The fourth-order valence-corrected chi connectivity index (χ4v) is 9.13. The highest BCUT2D eigenvalue weighted by molar-refractivity contribution is 7.91. The minimum Gasteiger partial charge on any atom is -0.495 e. The summed E-state index contributed by atoms with van der Waals surface area (Å²) in [6.07, 6.45) is 8.46. The molecular weight excluding hydrogens is 738 g/mol. The second-order valence-corrected chi connectivity index (χ2v) is 16.8. The number of aromatic nitrogens is 2. The number of ether oxygens (including phenoxy) is 2. The minimum absolute atomic E-state index is 0.00255. The molecule has 1 saturated heterocycles. The van der Waals surface area contributed by atoms with Crippen LogP contribution in [-0.2, 0) is 29.2 Å².